The van der Waals surface area contributed by atoms with Crippen LogP contribution in [0, 0.1) is 11.3 Å². The smallest absolute Gasteiger partial charge is 0.224 e. The molecular weight excluding hydrogens is 433 g/mol. The zero-order valence-electron chi connectivity index (χ0n) is 17.8. The van der Waals surface area contributed by atoms with E-state index < -0.39 is 0 Å². The standard InChI is InChI=1S/C25H29Cl2NOS/c1-5-16-12-17-14-19(28-23(29)10-11-25(2,3)4)15-21(27)24(17)22(13-16)30-20-8-6-18(26)7-9-20/h5-9,14-16,22H,1,10-13H2,2-4H3,(H,28,29). The summed E-state index contributed by atoms with van der Waals surface area (Å²) in [6.07, 6.45) is 5.25. The van der Waals surface area contributed by atoms with Crippen LogP contribution in [-0.4, -0.2) is 5.91 Å². The number of rotatable bonds is 6. The molecule has 0 fully saturated rings. The van der Waals surface area contributed by atoms with Crippen LogP contribution in [0.3, 0.4) is 0 Å². The maximum absolute atomic E-state index is 12.4. The van der Waals surface area contributed by atoms with Gasteiger partial charge in [0.25, 0.3) is 0 Å². The van der Waals surface area contributed by atoms with E-state index in [-0.39, 0.29) is 16.6 Å². The molecule has 2 unspecified atom stereocenters. The van der Waals surface area contributed by atoms with Gasteiger partial charge in [0.15, 0.2) is 0 Å². The molecule has 1 amide bonds. The van der Waals surface area contributed by atoms with Gasteiger partial charge in [-0.05, 0) is 78.1 Å². The number of amides is 1. The van der Waals surface area contributed by atoms with Crippen molar-refractivity contribution >= 4 is 46.6 Å². The van der Waals surface area contributed by atoms with E-state index in [4.69, 9.17) is 23.2 Å². The van der Waals surface area contributed by atoms with E-state index in [9.17, 15) is 4.79 Å². The Hall–Kier alpha value is -1.42. The van der Waals surface area contributed by atoms with Crippen LogP contribution >= 0.6 is 35.0 Å². The van der Waals surface area contributed by atoms with Gasteiger partial charge >= 0.3 is 0 Å². The van der Waals surface area contributed by atoms with Crippen LogP contribution in [0.4, 0.5) is 5.69 Å². The molecule has 1 aliphatic carbocycles. The third-order valence-corrected chi connectivity index (χ3v) is 7.17. The number of halogens is 2. The predicted octanol–water partition coefficient (Wildman–Crippen LogP) is 8.34. The highest BCUT2D eigenvalue weighted by atomic mass is 35.5. The molecule has 0 spiro atoms. The molecule has 2 aromatic rings. The predicted molar refractivity (Wildman–Crippen MR) is 131 cm³/mol. The summed E-state index contributed by atoms with van der Waals surface area (Å²) < 4.78 is 0. The van der Waals surface area contributed by atoms with Crippen molar-refractivity contribution in [1.82, 2.24) is 0 Å². The first-order valence-corrected chi connectivity index (χ1v) is 11.9. The summed E-state index contributed by atoms with van der Waals surface area (Å²) in [5.74, 6) is 0.411. The fourth-order valence-electron chi connectivity index (χ4n) is 3.71. The SMILES string of the molecule is C=CC1Cc2cc(NC(=O)CCC(C)(C)C)cc(Cl)c2C(Sc2ccc(Cl)cc2)C1. The second-order valence-corrected chi connectivity index (χ2v) is 11.3. The van der Waals surface area contributed by atoms with Gasteiger partial charge in [0.1, 0.15) is 0 Å². The molecule has 0 saturated carbocycles. The number of benzene rings is 2. The van der Waals surface area contributed by atoms with Crippen LogP contribution in [-0.2, 0) is 11.2 Å². The average molecular weight is 462 g/mol. The van der Waals surface area contributed by atoms with Gasteiger partial charge in [0.05, 0.1) is 0 Å². The Balaban J connectivity index is 1.82. The van der Waals surface area contributed by atoms with Gasteiger partial charge < -0.3 is 5.32 Å². The van der Waals surface area contributed by atoms with E-state index in [2.05, 4.69) is 38.7 Å². The number of nitrogens with one attached hydrogen (secondary N) is 1. The Bertz CT molecular complexity index is 918. The first-order chi connectivity index (χ1) is 14.1. The second-order valence-electron chi connectivity index (χ2n) is 9.14. The van der Waals surface area contributed by atoms with Crippen LogP contribution in [0.1, 0.15) is 56.4 Å². The fraction of sp³-hybridized carbons (Fsp3) is 0.400. The summed E-state index contributed by atoms with van der Waals surface area (Å²) in [4.78, 5) is 13.6. The number of carbonyl (C=O) groups excluding carboxylic acids is 1. The van der Waals surface area contributed by atoms with E-state index in [0.717, 1.165) is 34.9 Å². The van der Waals surface area contributed by atoms with Crippen LogP contribution in [0.15, 0.2) is 53.9 Å². The van der Waals surface area contributed by atoms with Crippen molar-refractivity contribution in [3.05, 3.63) is 70.2 Å². The molecule has 2 atom stereocenters. The molecule has 0 heterocycles. The Morgan fingerprint density at radius 3 is 2.57 bits per heavy atom. The molecule has 0 radical (unpaired) electrons. The van der Waals surface area contributed by atoms with Gasteiger partial charge in [0.2, 0.25) is 5.91 Å². The third kappa shape index (κ3) is 6.29. The second kappa shape index (κ2) is 9.80. The third-order valence-electron chi connectivity index (χ3n) is 5.35. The first kappa shape index (κ1) is 23.2. The van der Waals surface area contributed by atoms with Gasteiger partial charge in [0, 0.05) is 32.3 Å². The maximum Gasteiger partial charge on any atom is 0.224 e. The van der Waals surface area contributed by atoms with Crippen molar-refractivity contribution in [3.8, 4) is 0 Å². The number of hydrogen-bond donors (Lipinski definition) is 1. The molecule has 0 aliphatic heterocycles. The quantitative estimate of drug-likeness (QED) is 0.437. The molecule has 0 saturated heterocycles. The number of fused-ring (bicyclic) bond motifs is 1. The molecule has 0 bridgehead atoms. The lowest BCUT2D eigenvalue weighted by atomic mass is 9.83. The fourth-order valence-corrected chi connectivity index (χ4v) is 5.63. The van der Waals surface area contributed by atoms with Crippen molar-refractivity contribution in [2.24, 2.45) is 11.3 Å². The molecule has 3 rings (SSSR count). The zero-order chi connectivity index (χ0) is 21.9. The average Bonchev–Trinajstić information content (AvgIpc) is 2.67. The molecule has 1 N–H and O–H groups in total. The number of allylic oxidation sites excluding steroid dienone is 1. The highest BCUT2D eigenvalue weighted by molar-refractivity contribution is 7.99. The van der Waals surface area contributed by atoms with Crippen molar-refractivity contribution in [1.29, 1.82) is 0 Å². The highest BCUT2D eigenvalue weighted by Crippen LogP contribution is 2.49. The van der Waals surface area contributed by atoms with Gasteiger partial charge in [-0.25, -0.2) is 0 Å². The Morgan fingerprint density at radius 1 is 1.23 bits per heavy atom. The summed E-state index contributed by atoms with van der Waals surface area (Å²) in [5, 5.41) is 4.72. The number of thioether (sulfide) groups is 1. The summed E-state index contributed by atoms with van der Waals surface area (Å²) in [6, 6.07) is 11.9. The van der Waals surface area contributed by atoms with Gasteiger partial charge in [-0.1, -0.05) is 50.0 Å². The van der Waals surface area contributed by atoms with E-state index in [0.29, 0.717) is 17.4 Å². The molecule has 30 heavy (non-hydrogen) atoms. The lowest BCUT2D eigenvalue weighted by Crippen LogP contribution is -2.18. The molecular formula is C25H29Cl2NOS. The summed E-state index contributed by atoms with van der Waals surface area (Å²) in [6.45, 7) is 10.4. The number of anilines is 1. The molecule has 160 valence electrons. The van der Waals surface area contributed by atoms with Gasteiger partial charge in [-0.3, -0.25) is 4.79 Å². The van der Waals surface area contributed by atoms with Crippen molar-refractivity contribution in [3.63, 3.8) is 0 Å². The summed E-state index contributed by atoms with van der Waals surface area (Å²) in [5.41, 5.74) is 3.27. The van der Waals surface area contributed by atoms with E-state index >= 15 is 0 Å². The summed E-state index contributed by atoms with van der Waals surface area (Å²) in [7, 11) is 0. The lowest BCUT2D eigenvalue weighted by Gasteiger charge is -2.31. The molecule has 0 aromatic heterocycles. The van der Waals surface area contributed by atoms with Crippen LogP contribution in [0.5, 0.6) is 0 Å². The minimum Gasteiger partial charge on any atom is -0.326 e. The molecule has 5 heteroatoms. The largest absolute Gasteiger partial charge is 0.326 e. The van der Waals surface area contributed by atoms with Crippen molar-refractivity contribution < 1.29 is 4.79 Å². The Morgan fingerprint density at radius 2 is 1.93 bits per heavy atom. The maximum atomic E-state index is 12.4. The van der Waals surface area contributed by atoms with Crippen molar-refractivity contribution in [2.75, 3.05) is 5.32 Å². The number of hydrogen-bond acceptors (Lipinski definition) is 2. The first-order valence-electron chi connectivity index (χ1n) is 10.3. The normalized spacial score (nSPS) is 18.6. The Kier molecular flexibility index (Phi) is 7.60. The topological polar surface area (TPSA) is 29.1 Å². The van der Waals surface area contributed by atoms with E-state index in [1.54, 1.807) is 11.8 Å². The van der Waals surface area contributed by atoms with Crippen LogP contribution in [0.2, 0.25) is 10.0 Å². The summed E-state index contributed by atoms with van der Waals surface area (Å²) >= 11 is 14.6. The lowest BCUT2D eigenvalue weighted by molar-refractivity contribution is -0.116. The molecule has 2 aromatic carbocycles. The monoisotopic (exact) mass is 461 g/mol. The highest BCUT2D eigenvalue weighted by Gasteiger charge is 2.29. The van der Waals surface area contributed by atoms with E-state index in [1.165, 1.54) is 11.1 Å². The van der Waals surface area contributed by atoms with Crippen LogP contribution < -0.4 is 5.32 Å². The zero-order valence-corrected chi connectivity index (χ0v) is 20.1. The Labute approximate surface area is 194 Å². The van der Waals surface area contributed by atoms with Gasteiger partial charge in [-0.15, -0.1) is 18.3 Å². The minimum atomic E-state index is 0.0316. The number of carbonyl (C=O) groups is 1. The molecule has 1 aliphatic rings. The molecule has 2 nitrogen and oxygen atoms in total. The van der Waals surface area contributed by atoms with Gasteiger partial charge in [-0.2, -0.15) is 0 Å². The van der Waals surface area contributed by atoms with Crippen LogP contribution in [0.25, 0.3) is 0 Å². The van der Waals surface area contributed by atoms with Crippen molar-refractivity contribution in [2.45, 2.75) is 56.6 Å². The minimum absolute atomic E-state index is 0.0316. The van der Waals surface area contributed by atoms with E-state index in [1.807, 2.05) is 36.4 Å².